The van der Waals surface area contributed by atoms with Crippen LogP contribution in [0.25, 0.3) is 0 Å². The minimum absolute atomic E-state index is 0.421. The maximum atomic E-state index is 9.56. The summed E-state index contributed by atoms with van der Waals surface area (Å²) in [6.45, 7) is 11.3. The van der Waals surface area contributed by atoms with Gasteiger partial charge in [0, 0.05) is 8.07 Å². The van der Waals surface area contributed by atoms with E-state index in [1.165, 1.54) is 17.2 Å². The van der Waals surface area contributed by atoms with Crippen molar-refractivity contribution in [3.8, 4) is 5.75 Å². The van der Waals surface area contributed by atoms with Gasteiger partial charge >= 0.3 is 0 Å². The Hall–Kier alpha value is -0.763. The van der Waals surface area contributed by atoms with E-state index >= 15 is 0 Å². The fraction of sp³-hybridized carbons (Fsp3) is 0.538. The molecule has 0 amide bonds. The maximum Gasteiger partial charge on any atom is 0.118 e. The Kier molecular flexibility index (Phi) is 3.61. The van der Waals surface area contributed by atoms with Gasteiger partial charge in [-0.1, -0.05) is 31.8 Å². The van der Waals surface area contributed by atoms with Gasteiger partial charge in [-0.2, -0.15) is 0 Å². The highest BCUT2D eigenvalue weighted by Crippen LogP contribution is 2.25. The summed E-state index contributed by atoms with van der Waals surface area (Å²) in [6.07, 6.45) is 1.16. The zero-order chi connectivity index (χ0) is 11.6. The largest absolute Gasteiger partial charge is 0.508 e. The molecule has 0 aliphatic carbocycles. The minimum Gasteiger partial charge on any atom is -0.508 e. The number of phenolic OH excluding ortho intramolecular Hbond substituents is 1. The van der Waals surface area contributed by atoms with Crippen LogP contribution in [0.2, 0.25) is 25.7 Å². The van der Waals surface area contributed by atoms with Crippen LogP contribution in [0.4, 0.5) is 0 Å². The lowest BCUT2D eigenvalue weighted by molar-refractivity contribution is 0.470. The standard InChI is InChI=1S/C13H22OSi/c1-10-11(2)13(14)7-6-12(10)8-9-15(3,4)5/h6-7,14H,8-9H2,1-5H3. The van der Waals surface area contributed by atoms with Crippen molar-refractivity contribution in [2.45, 2.75) is 46.0 Å². The third-order valence-corrected chi connectivity index (χ3v) is 4.77. The Bertz CT molecular complexity index is 350. The van der Waals surface area contributed by atoms with Gasteiger partial charge in [0.1, 0.15) is 5.75 Å². The van der Waals surface area contributed by atoms with Crippen LogP contribution < -0.4 is 0 Å². The van der Waals surface area contributed by atoms with Crippen LogP contribution in [-0.4, -0.2) is 13.2 Å². The van der Waals surface area contributed by atoms with Crippen molar-refractivity contribution in [1.29, 1.82) is 0 Å². The molecule has 1 N–H and O–H groups in total. The highest BCUT2D eigenvalue weighted by molar-refractivity contribution is 6.76. The van der Waals surface area contributed by atoms with E-state index < -0.39 is 8.07 Å². The van der Waals surface area contributed by atoms with Gasteiger partial charge in [-0.25, -0.2) is 0 Å². The summed E-state index contributed by atoms with van der Waals surface area (Å²) >= 11 is 0. The topological polar surface area (TPSA) is 20.2 Å². The summed E-state index contributed by atoms with van der Waals surface area (Å²) in [4.78, 5) is 0. The van der Waals surface area contributed by atoms with Crippen molar-refractivity contribution < 1.29 is 5.11 Å². The lowest BCUT2D eigenvalue weighted by Gasteiger charge is -2.17. The molecule has 1 rings (SSSR count). The van der Waals surface area contributed by atoms with Crippen LogP contribution in [-0.2, 0) is 6.42 Å². The highest BCUT2D eigenvalue weighted by Gasteiger charge is 2.14. The molecule has 0 aromatic heterocycles. The maximum absolute atomic E-state index is 9.56. The van der Waals surface area contributed by atoms with Gasteiger partial charge in [0.05, 0.1) is 0 Å². The molecule has 1 nitrogen and oxygen atoms in total. The molecule has 2 heteroatoms. The fourth-order valence-electron chi connectivity index (χ4n) is 1.64. The Balaban J connectivity index is 2.83. The van der Waals surface area contributed by atoms with Gasteiger partial charge in [-0.15, -0.1) is 0 Å². The molecule has 0 spiro atoms. The third kappa shape index (κ3) is 3.38. The van der Waals surface area contributed by atoms with Gasteiger partial charge in [0.25, 0.3) is 0 Å². The second kappa shape index (κ2) is 4.39. The monoisotopic (exact) mass is 222 g/mol. The predicted octanol–water partition coefficient (Wildman–Crippen LogP) is 3.89. The molecule has 0 saturated carbocycles. The first-order valence-corrected chi connectivity index (χ1v) is 9.30. The summed E-state index contributed by atoms with van der Waals surface area (Å²) in [5.41, 5.74) is 3.68. The summed E-state index contributed by atoms with van der Waals surface area (Å²) < 4.78 is 0. The Morgan fingerprint density at radius 1 is 1.07 bits per heavy atom. The second-order valence-corrected chi connectivity index (χ2v) is 11.2. The van der Waals surface area contributed by atoms with E-state index in [9.17, 15) is 5.11 Å². The summed E-state index contributed by atoms with van der Waals surface area (Å²) in [5, 5.41) is 9.56. The molecule has 0 fully saturated rings. The smallest absolute Gasteiger partial charge is 0.118 e. The average Bonchev–Trinajstić information content (AvgIpc) is 2.12. The van der Waals surface area contributed by atoms with Gasteiger partial charge in [0.2, 0.25) is 0 Å². The summed E-state index contributed by atoms with van der Waals surface area (Å²) in [5.74, 6) is 0.421. The lowest BCUT2D eigenvalue weighted by Crippen LogP contribution is -2.20. The van der Waals surface area contributed by atoms with E-state index in [0.717, 1.165) is 12.0 Å². The van der Waals surface area contributed by atoms with Gasteiger partial charge in [-0.05, 0) is 43.0 Å². The molecule has 0 radical (unpaired) electrons. The summed E-state index contributed by atoms with van der Waals surface area (Å²) in [7, 11) is -0.956. The van der Waals surface area contributed by atoms with Crippen molar-refractivity contribution >= 4 is 8.07 Å². The van der Waals surface area contributed by atoms with Crippen molar-refractivity contribution in [3.63, 3.8) is 0 Å². The number of aromatic hydroxyl groups is 1. The Labute approximate surface area is 94.2 Å². The zero-order valence-electron chi connectivity index (χ0n) is 10.5. The zero-order valence-corrected chi connectivity index (χ0v) is 11.5. The molecule has 0 aliphatic rings. The van der Waals surface area contributed by atoms with E-state index in [1.54, 1.807) is 0 Å². The highest BCUT2D eigenvalue weighted by atomic mass is 28.3. The normalized spacial score (nSPS) is 11.8. The van der Waals surface area contributed by atoms with Gasteiger partial charge < -0.3 is 5.11 Å². The minimum atomic E-state index is -0.956. The van der Waals surface area contributed by atoms with Crippen LogP contribution in [0, 0.1) is 13.8 Å². The SMILES string of the molecule is Cc1c(O)ccc(CC[Si](C)(C)C)c1C. The number of phenols is 1. The molecule has 84 valence electrons. The molecule has 0 unspecified atom stereocenters. The van der Waals surface area contributed by atoms with Crippen LogP contribution in [0.1, 0.15) is 16.7 Å². The molecule has 1 aromatic carbocycles. The van der Waals surface area contributed by atoms with E-state index in [1.807, 2.05) is 13.0 Å². The molecule has 1 aromatic rings. The first-order chi connectivity index (χ1) is 6.81. The van der Waals surface area contributed by atoms with E-state index in [2.05, 4.69) is 32.6 Å². The number of aryl methyl sites for hydroxylation is 1. The fourth-order valence-corrected chi connectivity index (χ4v) is 2.66. The quantitative estimate of drug-likeness (QED) is 0.769. The number of hydrogen-bond acceptors (Lipinski definition) is 1. The number of benzene rings is 1. The van der Waals surface area contributed by atoms with Crippen molar-refractivity contribution in [2.24, 2.45) is 0 Å². The molecule has 0 aliphatic heterocycles. The molecule has 15 heavy (non-hydrogen) atoms. The average molecular weight is 222 g/mol. The second-order valence-electron chi connectivity index (χ2n) is 5.55. The van der Waals surface area contributed by atoms with Crippen LogP contribution in [0.3, 0.4) is 0 Å². The van der Waals surface area contributed by atoms with E-state index in [-0.39, 0.29) is 0 Å². The lowest BCUT2D eigenvalue weighted by atomic mass is 10.0. The Morgan fingerprint density at radius 3 is 2.20 bits per heavy atom. The van der Waals surface area contributed by atoms with Gasteiger partial charge in [-0.3, -0.25) is 0 Å². The van der Waals surface area contributed by atoms with Crippen molar-refractivity contribution in [2.75, 3.05) is 0 Å². The molecule has 0 bridgehead atoms. The first kappa shape index (κ1) is 12.3. The van der Waals surface area contributed by atoms with Crippen molar-refractivity contribution in [1.82, 2.24) is 0 Å². The molecular weight excluding hydrogens is 200 g/mol. The molecule has 0 saturated heterocycles. The number of hydrogen-bond donors (Lipinski definition) is 1. The van der Waals surface area contributed by atoms with Crippen molar-refractivity contribution in [3.05, 3.63) is 28.8 Å². The Morgan fingerprint density at radius 2 is 1.67 bits per heavy atom. The third-order valence-electron chi connectivity index (χ3n) is 3.02. The molecular formula is C13H22OSi. The van der Waals surface area contributed by atoms with Gasteiger partial charge in [0.15, 0.2) is 0 Å². The molecule has 0 atom stereocenters. The predicted molar refractivity (Wildman–Crippen MR) is 69.4 cm³/mol. The first-order valence-electron chi connectivity index (χ1n) is 5.59. The van der Waals surface area contributed by atoms with Crippen LogP contribution in [0.5, 0.6) is 5.75 Å². The van der Waals surface area contributed by atoms with Crippen LogP contribution in [0.15, 0.2) is 12.1 Å². The van der Waals surface area contributed by atoms with E-state index in [4.69, 9.17) is 0 Å². The van der Waals surface area contributed by atoms with E-state index in [0.29, 0.717) is 5.75 Å². The molecule has 0 heterocycles. The number of rotatable bonds is 3. The van der Waals surface area contributed by atoms with Crippen LogP contribution >= 0.6 is 0 Å². The summed E-state index contributed by atoms with van der Waals surface area (Å²) in [6, 6.07) is 5.21.